The molecule has 0 aliphatic heterocycles. The molecule has 6 heteroatoms. The summed E-state index contributed by atoms with van der Waals surface area (Å²) in [6.07, 6.45) is 1.34. The van der Waals surface area contributed by atoms with Crippen LogP contribution in [0.15, 0.2) is 53.6 Å². The molecule has 0 spiro atoms. The fourth-order valence-corrected chi connectivity index (χ4v) is 1.69. The van der Waals surface area contributed by atoms with Crippen molar-refractivity contribution in [1.29, 1.82) is 0 Å². The van der Waals surface area contributed by atoms with Crippen molar-refractivity contribution in [2.45, 2.75) is 0 Å². The molecule has 0 saturated heterocycles. The van der Waals surface area contributed by atoms with Crippen molar-refractivity contribution < 1.29 is 13.9 Å². The van der Waals surface area contributed by atoms with Crippen molar-refractivity contribution in [3.05, 3.63) is 64.9 Å². The molecule has 4 nitrogen and oxygen atoms in total. The van der Waals surface area contributed by atoms with Gasteiger partial charge in [0.2, 0.25) is 0 Å². The predicted octanol–water partition coefficient (Wildman–Crippen LogP) is 3.01. The summed E-state index contributed by atoms with van der Waals surface area (Å²) in [5, 5.41) is 4.14. The minimum atomic E-state index is -0.442. The van der Waals surface area contributed by atoms with Gasteiger partial charge in [-0.25, -0.2) is 9.82 Å². The Morgan fingerprint density at radius 3 is 2.86 bits per heavy atom. The highest BCUT2D eigenvalue weighted by Crippen LogP contribution is 2.22. The van der Waals surface area contributed by atoms with Gasteiger partial charge in [-0.1, -0.05) is 35.9 Å². The molecule has 1 amide bonds. The van der Waals surface area contributed by atoms with E-state index in [0.29, 0.717) is 16.3 Å². The number of nitrogens with zero attached hydrogens (tertiary/aromatic N) is 1. The summed E-state index contributed by atoms with van der Waals surface area (Å²) in [5.74, 6) is -0.390. The van der Waals surface area contributed by atoms with Crippen LogP contribution in [-0.4, -0.2) is 18.7 Å². The van der Waals surface area contributed by atoms with Crippen molar-refractivity contribution in [1.82, 2.24) is 5.43 Å². The lowest BCUT2D eigenvalue weighted by molar-refractivity contribution is -0.123. The molecular weight excluding hydrogens is 295 g/mol. The molecule has 0 atom stereocenters. The first kappa shape index (κ1) is 15.0. The molecule has 0 aromatic heterocycles. The molecule has 1 N–H and O–H groups in total. The monoisotopic (exact) mass is 306 g/mol. The van der Waals surface area contributed by atoms with Crippen LogP contribution in [0.5, 0.6) is 5.75 Å². The van der Waals surface area contributed by atoms with Gasteiger partial charge in [-0.3, -0.25) is 4.79 Å². The highest BCUT2D eigenvalue weighted by atomic mass is 35.5. The average Bonchev–Trinajstić information content (AvgIpc) is 2.46. The average molecular weight is 307 g/mol. The van der Waals surface area contributed by atoms with Crippen molar-refractivity contribution in [2.24, 2.45) is 5.10 Å². The molecule has 2 aromatic rings. The molecule has 2 rings (SSSR count). The summed E-state index contributed by atoms with van der Waals surface area (Å²) < 4.78 is 18.2. The van der Waals surface area contributed by atoms with Crippen molar-refractivity contribution >= 4 is 23.7 Å². The van der Waals surface area contributed by atoms with E-state index in [2.05, 4.69) is 10.5 Å². The second kappa shape index (κ2) is 7.40. The zero-order valence-corrected chi connectivity index (χ0v) is 11.7. The highest BCUT2D eigenvalue weighted by Gasteiger charge is 2.04. The maximum atomic E-state index is 12.9. The minimum absolute atomic E-state index is 0.218. The van der Waals surface area contributed by atoms with Gasteiger partial charge in [0.05, 0.1) is 11.2 Å². The largest absolute Gasteiger partial charge is 0.482 e. The van der Waals surface area contributed by atoms with Gasteiger partial charge < -0.3 is 4.74 Å². The van der Waals surface area contributed by atoms with Crippen molar-refractivity contribution in [3.63, 3.8) is 0 Å². The normalized spacial score (nSPS) is 10.6. The number of para-hydroxylation sites is 1. The van der Waals surface area contributed by atoms with Gasteiger partial charge in [-0.2, -0.15) is 5.10 Å². The number of carbonyl (C=O) groups is 1. The van der Waals surface area contributed by atoms with Crippen LogP contribution in [0.3, 0.4) is 0 Å². The Balaban J connectivity index is 1.81. The first-order valence-electron chi connectivity index (χ1n) is 6.10. The third-order valence-corrected chi connectivity index (χ3v) is 2.76. The van der Waals surface area contributed by atoms with Gasteiger partial charge in [0, 0.05) is 0 Å². The molecule has 0 heterocycles. The van der Waals surface area contributed by atoms with Crippen LogP contribution in [0.1, 0.15) is 5.56 Å². The second-order valence-electron chi connectivity index (χ2n) is 4.07. The molecule has 2 aromatic carbocycles. The quantitative estimate of drug-likeness (QED) is 0.682. The highest BCUT2D eigenvalue weighted by molar-refractivity contribution is 6.32. The van der Waals surface area contributed by atoms with E-state index in [0.717, 1.165) is 0 Å². The zero-order chi connectivity index (χ0) is 15.1. The number of nitrogens with one attached hydrogen (secondary N) is 1. The van der Waals surface area contributed by atoms with Crippen LogP contribution < -0.4 is 10.2 Å². The summed E-state index contributed by atoms with van der Waals surface area (Å²) >= 11 is 5.89. The minimum Gasteiger partial charge on any atom is -0.482 e. The molecule has 108 valence electrons. The standard InChI is InChI=1S/C15H12ClFN2O2/c16-13-6-1-2-7-14(13)21-10-15(20)19-18-9-11-4-3-5-12(17)8-11/h1-9H,10H2,(H,19,20)/b18-9-. The molecule has 0 radical (unpaired) electrons. The fourth-order valence-electron chi connectivity index (χ4n) is 1.50. The van der Waals surface area contributed by atoms with Crippen molar-refractivity contribution in [2.75, 3.05) is 6.61 Å². The number of hydrogen-bond acceptors (Lipinski definition) is 3. The van der Waals surface area contributed by atoms with Crippen LogP contribution in [-0.2, 0) is 4.79 Å². The molecule has 21 heavy (non-hydrogen) atoms. The van der Waals surface area contributed by atoms with E-state index in [1.165, 1.54) is 18.3 Å². The van der Waals surface area contributed by atoms with E-state index in [1.54, 1.807) is 36.4 Å². The Bertz CT molecular complexity index is 662. The van der Waals surface area contributed by atoms with Gasteiger partial charge in [0.1, 0.15) is 11.6 Å². The smallest absolute Gasteiger partial charge is 0.277 e. The Kier molecular flexibility index (Phi) is 5.29. The van der Waals surface area contributed by atoms with Gasteiger partial charge in [-0.15, -0.1) is 0 Å². The Morgan fingerprint density at radius 2 is 2.10 bits per heavy atom. The van der Waals surface area contributed by atoms with Gasteiger partial charge in [0.25, 0.3) is 5.91 Å². The predicted molar refractivity (Wildman–Crippen MR) is 79.1 cm³/mol. The molecular formula is C15H12ClFN2O2. The lowest BCUT2D eigenvalue weighted by Crippen LogP contribution is -2.24. The summed E-state index contributed by atoms with van der Waals surface area (Å²) in [4.78, 5) is 11.5. The Labute approximate surface area is 126 Å². The number of carbonyl (C=O) groups excluding carboxylic acids is 1. The van der Waals surface area contributed by atoms with Crippen LogP contribution >= 0.6 is 11.6 Å². The summed E-state index contributed by atoms with van der Waals surface area (Å²) in [6, 6.07) is 12.7. The van der Waals surface area contributed by atoms with E-state index < -0.39 is 5.91 Å². The lowest BCUT2D eigenvalue weighted by atomic mass is 10.2. The lowest BCUT2D eigenvalue weighted by Gasteiger charge is -2.06. The number of amides is 1. The number of rotatable bonds is 5. The number of hydrazone groups is 1. The van der Waals surface area contributed by atoms with E-state index in [9.17, 15) is 9.18 Å². The third kappa shape index (κ3) is 4.89. The Hall–Kier alpha value is -2.40. The molecule has 0 saturated carbocycles. The van der Waals surface area contributed by atoms with Crippen molar-refractivity contribution in [3.8, 4) is 5.75 Å². The third-order valence-electron chi connectivity index (χ3n) is 2.45. The maximum Gasteiger partial charge on any atom is 0.277 e. The van der Waals surface area contributed by atoms with E-state index in [4.69, 9.17) is 16.3 Å². The van der Waals surface area contributed by atoms with E-state index in [-0.39, 0.29) is 12.4 Å². The van der Waals surface area contributed by atoms with E-state index >= 15 is 0 Å². The molecule has 0 bridgehead atoms. The molecule has 0 unspecified atom stereocenters. The molecule has 0 aliphatic carbocycles. The first-order valence-corrected chi connectivity index (χ1v) is 6.48. The molecule has 0 aliphatic rings. The van der Waals surface area contributed by atoms with Gasteiger partial charge >= 0.3 is 0 Å². The van der Waals surface area contributed by atoms with Gasteiger partial charge in [-0.05, 0) is 29.8 Å². The maximum absolute atomic E-state index is 12.9. The van der Waals surface area contributed by atoms with E-state index in [1.807, 2.05) is 0 Å². The fraction of sp³-hybridized carbons (Fsp3) is 0.0667. The number of benzene rings is 2. The van der Waals surface area contributed by atoms with Crippen LogP contribution in [0.25, 0.3) is 0 Å². The zero-order valence-electron chi connectivity index (χ0n) is 10.9. The number of halogens is 2. The van der Waals surface area contributed by atoms with Crippen LogP contribution in [0.4, 0.5) is 4.39 Å². The van der Waals surface area contributed by atoms with Gasteiger partial charge in [0.15, 0.2) is 6.61 Å². The topological polar surface area (TPSA) is 50.7 Å². The summed E-state index contributed by atoms with van der Waals surface area (Å²) in [6.45, 7) is -0.218. The SMILES string of the molecule is O=C(COc1ccccc1Cl)N/N=C\c1cccc(F)c1. The summed E-state index contributed by atoms with van der Waals surface area (Å²) in [7, 11) is 0. The summed E-state index contributed by atoms with van der Waals surface area (Å²) in [5.41, 5.74) is 2.82. The second-order valence-corrected chi connectivity index (χ2v) is 4.47. The molecule has 0 fully saturated rings. The first-order chi connectivity index (χ1) is 10.1. The Morgan fingerprint density at radius 1 is 1.29 bits per heavy atom. The van der Waals surface area contributed by atoms with Crippen LogP contribution in [0.2, 0.25) is 5.02 Å². The van der Waals surface area contributed by atoms with Crippen LogP contribution in [0, 0.1) is 5.82 Å². The number of ether oxygens (including phenoxy) is 1. The number of hydrogen-bond donors (Lipinski definition) is 1.